The minimum Gasteiger partial charge on any atom is -0.336 e. The van der Waals surface area contributed by atoms with Crippen LogP contribution in [0.1, 0.15) is 6.92 Å². The summed E-state index contributed by atoms with van der Waals surface area (Å²) in [7, 11) is 1.54. The maximum absolute atomic E-state index is 13.0. The van der Waals surface area contributed by atoms with E-state index in [0.717, 1.165) is 31.3 Å². The molecular weight excluding hydrogens is 328 g/mol. The van der Waals surface area contributed by atoms with Gasteiger partial charge in [0.05, 0.1) is 6.54 Å². The first-order valence-corrected chi connectivity index (χ1v) is 7.08. The van der Waals surface area contributed by atoms with Crippen molar-refractivity contribution in [2.45, 2.75) is 6.92 Å². The van der Waals surface area contributed by atoms with E-state index in [1.165, 1.54) is 11.9 Å². The van der Waals surface area contributed by atoms with E-state index in [1.807, 2.05) is 6.92 Å². The van der Waals surface area contributed by atoms with Crippen LogP contribution in [0.15, 0.2) is 18.2 Å². The molecule has 5 nitrogen and oxygen atoms in total. The third-order valence-corrected chi connectivity index (χ3v) is 3.81. The first-order valence-electron chi connectivity index (χ1n) is 7.08. The number of nitrogens with one attached hydrogen (secondary N) is 2. The molecule has 0 aromatic heterocycles. The average Bonchev–Trinajstić information content (AvgIpc) is 2.33. The molecule has 1 fully saturated rings. The lowest BCUT2D eigenvalue weighted by Crippen LogP contribution is -2.50. The van der Waals surface area contributed by atoms with Gasteiger partial charge in [0.25, 0.3) is 0 Å². The van der Waals surface area contributed by atoms with Crippen molar-refractivity contribution >= 4 is 29.9 Å². The summed E-state index contributed by atoms with van der Waals surface area (Å²) in [5, 5.41) is 5.48. The van der Waals surface area contributed by atoms with Gasteiger partial charge in [-0.15, -0.1) is 12.4 Å². The smallest absolute Gasteiger partial charge is 0.243 e. The van der Waals surface area contributed by atoms with Gasteiger partial charge in [-0.25, -0.2) is 8.78 Å². The summed E-state index contributed by atoms with van der Waals surface area (Å²) in [5.41, 5.74) is 0.0274. The molecule has 23 heavy (non-hydrogen) atoms. The lowest BCUT2D eigenvalue weighted by atomic mass is 9.88. The maximum Gasteiger partial charge on any atom is 0.243 e. The molecule has 128 valence electrons. The number of hydrogen-bond donors (Lipinski definition) is 2. The number of likely N-dealkylation sites (N-methyl/N-ethyl adjacent to an activating group) is 1. The van der Waals surface area contributed by atoms with Gasteiger partial charge in [0, 0.05) is 24.7 Å². The Morgan fingerprint density at radius 2 is 1.87 bits per heavy atom. The summed E-state index contributed by atoms with van der Waals surface area (Å²) in [4.78, 5) is 25.4. The second-order valence-electron chi connectivity index (χ2n) is 5.61. The highest BCUT2D eigenvalue weighted by Gasteiger charge is 2.30. The Morgan fingerprint density at radius 1 is 1.30 bits per heavy atom. The Morgan fingerprint density at radius 3 is 2.35 bits per heavy atom. The van der Waals surface area contributed by atoms with Crippen LogP contribution in [0.4, 0.5) is 14.5 Å². The van der Waals surface area contributed by atoms with Crippen LogP contribution in [-0.4, -0.2) is 43.4 Å². The standard InChI is InChI=1S/C15H19F2N3O2.ClH/c1-9(10-6-18-7-10)15(22)20(2)8-14(21)19-13-4-11(16)3-12(17)5-13;/h3-5,9-10,18H,6-8H2,1-2H3,(H,19,21);1H. The Hall–Kier alpha value is -1.73. The summed E-state index contributed by atoms with van der Waals surface area (Å²) in [6.07, 6.45) is 0. The molecule has 1 aliphatic heterocycles. The second kappa shape index (κ2) is 8.21. The van der Waals surface area contributed by atoms with Crippen LogP contribution in [0.2, 0.25) is 0 Å². The molecule has 1 atom stereocenters. The van der Waals surface area contributed by atoms with Gasteiger partial charge < -0.3 is 15.5 Å². The third kappa shape index (κ3) is 5.14. The number of carbonyl (C=O) groups excluding carboxylic acids is 2. The molecule has 1 aromatic carbocycles. The number of rotatable bonds is 5. The molecule has 0 spiro atoms. The molecule has 1 aromatic rings. The van der Waals surface area contributed by atoms with Gasteiger partial charge in [-0.1, -0.05) is 6.92 Å². The summed E-state index contributed by atoms with van der Waals surface area (Å²) in [6.45, 7) is 3.27. The van der Waals surface area contributed by atoms with Gasteiger partial charge in [-0.3, -0.25) is 9.59 Å². The topological polar surface area (TPSA) is 61.4 Å². The first-order chi connectivity index (χ1) is 10.4. The number of hydrogen-bond acceptors (Lipinski definition) is 3. The van der Waals surface area contributed by atoms with Crippen molar-refractivity contribution in [3.8, 4) is 0 Å². The molecule has 0 bridgehead atoms. The molecule has 0 saturated carbocycles. The van der Waals surface area contributed by atoms with Crippen LogP contribution >= 0.6 is 12.4 Å². The average molecular weight is 348 g/mol. The second-order valence-corrected chi connectivity index (χ2v) is 5.61. The van der Waals surface area contributed by atoms with Crippen LogP contribution in [-0.2, 0) is 9.59 Å². The summed E-state index contributed by atoms with van der Waals surface area (Å²) >= 11 is 0. The summed E-state index contributed by atoms with van der Waals surface area (Å²) in [5.74, 6) is -2.04. The van der Waals surface area contributed by atoms with Crippen molar-refractivity contribution in [2.24, 2.45) is 11.8 Å². The number of carbonyl (C=O) groups is 2. The van der Waals surface area contributed by atoms with Crippen molar-refractivity contribution < 1.29 is 18.4 Å². The van der Waals surface area contributed by atoms with Crippen LogP contribution in [0.25, 0.3) is 0 Å². The van der Waals surface area contributed by atoms with E-state index in [0.29, 0.717) is 0 Å². The van der Waals surface area contributed by atoms with Crippen LogP contribution < -0.4 is 10.6 Å². The van der Waals surface area contributed by atoms with E-state index in [1.54, 1.807) is 0 Å². The van der Waals surface area contributed by atoms with Gasteiger partial charge in [0.15, 0.2) is 0 Å². The molecule has 2 N–H and O–H groups in total. The zero-order chi connectivity index (χ0) is 16.3. The molecule has 2 amide bonds. The van der Waals surface area contributed by atoms with E-state index < -0.39 is 17.5 Å². The Kier molecular flexibility index (Phi) is 6.90. The minimum absolute atomic E-state index is 0. The molecular formula is C15H20ClF2N3O2. The zero-order valence-corrected chi connectivity index (χ0v) is 13.8. The number of amides is 2. The van der Waals surface area contributed by atoms with Crippen molar-refractivity contribution in [1.29, 1.82) is 0 Å². The van der Waals surface area contributed by atoms with Gasteiger partial charge in [-0.2, -0.15) is 0 Å². The normalized spacial score (nSPS) is 15.1. The van der Waals surface area contributed by atoms with Crippen LogP contribution in [0.5, 0.6) is 0 Å². The number of benzene rings is 1. The van der Waals surface area contributed by atoms with Crippen molar-refractivity contribution in [3.05, 3.63) is 29.8 Å². The van der Waals surface area contributed by atoms with E-state index in [9.17, 15) is 18.4 Å². The van der Waals surface area contributed by atoms with Crippen molar-refractivity contribution in [1.82, 2.24) is 10.2 Å². The van der Waals surface area contributed by atoms with Gasteiger partial charge in [0.2, 0.25) is 11.8 Å². The van der Waals surface area contributed by atoms with Gasteiger partial charge >= 0.3 is 0 Å². The Labute approximate surface area is 139 Å². The monoisotopic (exact) mass is 347 g/mol. The van der Waals surface area contributed by atoms with Crippen LogP contribution in [0, 0.1) is 23.5 Å². The Balaban J connectivity index is 0.00000264. The number of anilines is 1. The highest BCUT2D eigenvalue weighted by molar-refractivity contribution is 5.94. The van der Waals surface area contributed by atoms with E-state index in [2.05, 4.69) is 10.6 Å². The fourth-order valence-corrected chi connectivity index (χ4v) is 2.33. The summed E-state index contributed by atoms with van der Waals surface area (Å²) in [6, 6.07) is 2.76. The van der Waals surface area contributed by atoms with E-state index in [-0.39, 0.29) is 42.4 Å². The fraction of sp³-hybridized carbons (Fsp3) is 0.467. The molecule has 0 aliphatic carbocycles. The number of halogens is 3. The van der Waals surface area contributed by atoms with E-state index in [4.69, 9.17) is 0 Å². The maximum atomic E-state index is 13.0. The predicted octanol–water partition coefficient (Wildman–Crippen LogP) is 1.64. The van der Waals surface area contributed by atoms with Gasteiger partial charge in [-0.05, 0) is 31.1 Å². The molecule has 0 radical (unpaired) electrons. The molecule has 2 rings (SSSR count). The first kappa shape index (κ1) is 19.3. The lowest BCUT2D eigenvalue weighted by Gasteiger charge is -2.33. The molecule has 1 saturated heterocycles. The predicted molar refractivity (Wildman–Crippen MR) is 85.4 cm³/mol. The third-order valence-electron chi connectivity index (χ3n) is 3.81. The summed E-state index contributed by atoms with van der Waals surface area (Å²) < 4.78 is 26.1. The molecule has 1 aliphatic rings. The van der Waals surface area contributed by atoms with Crippen molar-refractivity contribution in [2.75, 3.05) is 32.0 Å². The molecule has 8 heteroatoms. The SMILES string of the molecule is CC(C(=O)N(C)CC(=O)Nc1cc(F)cc(F)c1)C1CNC1.Cl. The fourth-order valence-electron chi connectivity index (χ4n) is 2.33. The largest absolute Gasteiger partial charge is 0.336 e. The molecule has 1 heterocycles. The molecule has 1 unspecified atom stereocenters. The minimum atomic E-state index is -0.772. The highest BCUT2D eigenvalue weighted by Crippen LogP contribution is 2.18. The highest BCUT2D eigenvalue weighted by atomic mass is 35.5. The lowest BCUT2D eigenvalue weighted by molar-refractivity contribution is -0.138. The quantitative estimate of drug-likeness (QED) is 0.851. The van der Waals surface area contributed by atoms with Gasteiger partial charge in [0.1, 0.15) is 11.6 Å². The number of nitrogens with zero attached hydrogens (tertiary/aromatic N) is 1. The van der Waals surface area contributed by atoms with E-state index >= 15 is 0 Å². The van der Waals surface area contributed by atoms with Crippen molar-refractivity contribution in [3.63, 3.8) is 0 Å². The Bertz CT molecular complexity index is 562. The zero-order valence-electron chi connectivity index (χ0n) is 12.9. The van der Waals surface area contributed by atoms with Crippen LogP contribution in [0.3, 0.4) is 0 Å².